The van der Waals surface area contributed by atoms with Crippen molar-refractivity contribution in [2.75, 3.05) is 5.32 Å². The SMILES string of the molecule is CCC(CC)C(C)Nc1cccc(C)n1. The minimum atomic E-state index is 0.495. The summed E-state index contributed by atoms with van der Waals surface area (Å²) in [5.74, 6) is 1.72. The largest absolute Gasteiger partial charge is 0.367 e. The summed E-state index contributed by atoms with van der Waals surface area (Å²) in [6, 6.07) is 6.60. The molecule has 0 fully saturated rings. The summed E-state index contributed by atoms with van der Waals surface area (Å²) in [6.45, 7) is 8.75. The molecule has 1 aromatic heterocycles. The first kappa shape index (κ1) is 12.0. The molecule has 15 heavy (non-hydrogen) atoms. The molecule has 0 saturated carbocycles. The molecule has 1 atom stereocenters. The number of rotatable bonds is 5. The van der Waals surface area contributed by atoms with Crippen molar-refractivity contribution in [1.82, 2.24) is 4.98 Å². The number of hydrogen-bond acceptors (Lipinski definition) is 2. The van der Waals surface area contributed by atoms with Gasteiger partial charge in [0.05, 0.1) is 0 Å². The van der Waals surface area contributed by atoms with Crippen molar-refractivity contribution in [3.63, 3.8) is 0 Å². The molecular formula is C13H22N2. The maximum absolute atomic E-state index is 4.45. The van der Waals surface area contributed by atoms with E-state index in [4.69, 9.17) is 0 Å². The molecule has 2 nitrogen and oxygen atoms in total. The van der Waals surface area contributed by atoms with E-state index in [2.05, 4.69) is 31.1 Å². The molecule has 1 heterocycles. The predicted molar refractivity (Wildman–Crippen MR) is 66.1 cm³/mol. The van der Waals surface area contributed by atoms with Crippen LogP contribution in [0.15, 0.2) is 18.2 Å². The summed E-state index contributed by atoms with van der Waals surface area (Å²) in [5, 5.41) is 3.47. The fourth-order valence-corrected chi connectivity index (χ4v) is 1.97. The minimum absolute atomic E-state index is 0.495. The lowest BCUT2D eigenvalue weighted by atomic mass is 9.95. The van der Waals surface area contributed by atoms with Crippen LogP contribution in [0.25, 0.3) is 0 Å². The van der Waals surface area contributed by atoms with E-state index in [-0.39, 0.29) is 0 Å². The summed E-state index contributed by atoms with van der Waals surface area (Å²) in [6.07, 6.45) is 2.44. The first-order valence-electron chi connectivity index (χ1n) is 5.87. The van der Waals surface area contributed by atoms with Crippen molar-refractivity contribution in [3.05, 3.63) is 23.9 Å². The Kier molecular flexibility index (Phi) is 4.60. The smallest absolute Gasteiger partial charge is 0.126 e. The lowest BCUT2D eigenvalue weighted by Crippen LogP contribution is -2.25. The molecular weight excluding hydrogens is 184 g/mol. The van der Waals surface area contributed by atoms with Crippen LogP contribution < -0.4 is 5.32 Å². The summed E-state index contributed by atoms with van der Waals surface area (Å²) in [5.41, 5.74) is 1.07. The first-order valence-corrected chi connectivity index (χ1v) is 5.87. The highest BCUT2D eigenvalue weighted by Gasteiger charge is 2.13. The first-order chi connectivity index (χ1) is 7.17. The van der Waals surface area contributed by atoms with E-state index < -0.39 is 0 Å². The fourth-order valence-electron chi connectivity index (χ4n) is 1.97. The van der Waals surface area contributed by atoms with Gasteiger partial charge in [0.2, 0.25) is 0 Å². The third-order valence-corrected chi connectivity index (χ3v) is 3.02. The van der Waals surface area contributed by atoms with Crippen molar-refractivity contribution in [2.45, 2.75) is 46.6 Å². The van der Waals surface area contributed by atoms with E-state index in [9.17, 15) is 0 Å². The van der Waals surface area contributed by atoms with Gasteiger partial charge >= 0.3 is 0 Å². The number of nitrogens with one attached hydrogen (secondary N) is 1. The van der Waals surface area contributed by atoms with E-state index in [0.717, 1.165) is 17.4 Å². The molecule has 1 N–H and O–H groups in total. The van der Waals surface area contributed by atoms with Crippen molar-refractivity contribution in [3.8, 4) is 0 Å². The lowest BCUT2D eigenvalue weighted by Gasteiger charge is -2.23. The molecule has 0 radical (unpaired) electrons. The van der Waals surface area contributed by atoms with Crippen LogP contribution in [-0.4, -0.2) is 11.0 Å². The van der Waals surface area contributed by atoms with Crippen LogP contribution in [0.4, 0.5) is 5.82 Å². The summed E-state index contributed by atoms with van der Waals surface area (Å²) >= 11 is 0. The normalized spacial score (nSPS) is 12.9. The highest BCUT2D eigenvalue weighted by atomic mass is 15.0. The number of anilines is 1. The molecule has 0 aromatic carbocycles. The molecule has 0 amide bonds. The van der Waals surface area contributed by atoms with Gasteiger partial charge in [-0.05, 0) is 31.9 Å². The third-order valence-electron chi connectivity index (χ3n) is 3.02. The van der Waals surface area contributed by atoms with Gasteiger partial charge in [0.1, 0.15) is 5.82 Å². The van der Waals surface area contributed by atoms with Crippen molar-refractivity contribution < 1.29 is 0 Å². The Labute approximate surface area is 93.1 Å². The maximum Gasteiger partial charge on any atom is 0.126 e. The predicted octanol–water partition coefficient (Wildman–Crippen LogP) is 3.63. The van der Waals surface area contributed by atoms with Gasteiger partial charge in [-0.25, -0.2) is 4.98 Å². The highest BCUT2D eigenvalue weighted by Crippen LogP contribution is 2.16. The van der Waals surface area contributed by atoms with Gasteiger partial charge in [0.25, 0.3) is 0 Å². The molecule has 1 aromatic rings. The van der Waals surface area contributed by atoms with Gasteiger partial charge < -0.3 is 5.32 Å². The van der Waals surface area contributed by atoms with Gasteiger partial charge in [-0.15, -0.1) is 0 Å². The Morgan fingerprint density at radius 3 is 2.47 bits per heavy atom. The van der Waals surface area contributed by atoms with Gasteiger partial charge in [-0.1, -0.05) is 32.8 Å². The Bertz CT molecular complexity index is 292. The molecule has 1 rings (SSSR count). The molecule has 0 aliphatic heterocycles. The summed E-state index contributed by atoms with van der Waals surface area (Å²) in [7, 11) is 0. The van der Waals surface area contributed by atoms with Gasteiger partial charge in [-0.3, -0.25) is 0 Å². The second kappa shape index (κ2) is 5.74. The Hall–Kier alpha value is -1.05. The van der Waals surface area contributed by atoms with Crippen LogP contribution in [0.1, 0.15) is 39.3 Å². The van der Waals surface area contributed by atoms with E-state index in [1.807, 2.05) is 25.1 Å². The van der Waals surface area contributed by atoms with Crippen LogP contribution in [-0.2, 0) is 0 Å². The zero-order chi connectivity index (χ0) is 11.3. The molecule has 84 valence electrons. The zero-order valence-corrected chi connectivity index (χ0v) is 10.2. The highest BCUT2D eigenvalue weighted by molar-refractivity contribution is 5.36. The monoisotopic (exact) mass is 206 g/mol. The number of pyridine rings is 1. The number of hydrogen-bond donors (Lipinski definition) is 1. The molecule has 0 aliphatic rings. The maximum atomic E-state index is 4.45. The standard InChI is InChI=1S/C13H22N2/c1-5-12(6-2)11(4)15-13-9-7-8-10(3)14-13/h7-9,11-12H,5-6H2,1-4H3,(H,14,15). The summed E-state index contributed by atoms with van der Waals surface area (Å²) in [4.78, 5) is 4.45. The molecule has 2 heteroatoms. The molecule has 0 aliphatic carbocycles. The lowest BCUT2D eigenvalue weighted by molar-refractivity contribution is 0.437. The number of nitrogens with zero attached hydrogens (tertiary/aromatic N) is 1. The van der Waals surface area contributed by atoms with Crippen LogP contribution in [0, 0.1) is 12.8 Å². The van der Waals surface area contributed by atoms with Crippen LogP contribution in [0.2, 0.25) is 0 Å². The second-order valence-electron chi connectivity index (χ2n) is 4.17. The molecule has 0 bridgehead atoms. The summed E-state index contributed by atoms with van der Waals surface area (Å²) < 4.78 is 0. The topological polar surface area (TPSA) is 24.9 Å². The fraction of sp³-hybridized carbons (Fsp3) is 0.615. The minimum Gasteiger partial charge on any atom is -0.367 e. The average Bonchev–Trinajstić information content (AvgIpc) is 2.19. The molecule has 1 unspecified atom stereocenters. The van der Waals surface area contributed by atoms with Crippen molar-refractivity contribution in [1.29, 1.82) is 0 Å². The second-order valence-corrected chi connectivity index (χ2v) is 4.17. The Morgan fingerprint density at radius 2 is 1.93 bits per heavy atom. The van der Waals surface area contributed by atoms with E-state index in [1.54, 1.807) is 0 Å². The van der Waals surface area contributed by atoms with Crippen molar-refractivity contribution in [2.24, 2.45) is 5.92 Å². The van der Waals surface area contributed by atoms with Gasteiger partial charge in [0, 0.05) is 11.7 Å². The molecule has 0 saturated heterocycles. The number of aromatic nitrogens is 1. The van der Waals surface area contributed by atoms with Crippen molar-refractivity contribution >= 4 is 5.82 Å². The quantitative estimate of drug-likeness (QED) is 0.795. The van der Waals surface area contributed by atoms with E-state index >= 15 is 0 Å². The van der Waals surface area contributed by atoms with E-state index in [0.29, 0.717) is 6.04 Å². The van der Waals surface area contributed by atoms with E-state index in [1.165, 1.54) is 12.8 Å². The van der Waals surface area contributed by atoms with Crippen LogP contribution in [0.3, 0.4) is 0 Å². The Morgan fingerprint density at radius 1 is 1.27 bits per heavy atom. The average molecular weight is 206 g/mol. The van der Waals surface area contributed by atoms with Crippen LogP contribution >= 0.6 is 0 Å². The van der Waals surface area contributed by atoms with Crippen LogP contribution in [0.5, 0.6) is 0 Å². The Balaban J connectivity index is 2.61. The zero-order valence-electron chi connectivity index (χ0n) is 10.2. The third kappa shape index (κ3) is 3.54. The van der Waals surface area contributed by atoms with Gasteiger partial charge in [-0.2, -0.15) is 0 Å². The number of aryl methyl sites for hydroxylation is 1. The van der Waals surface area contributed by atoms with Gasteiger partial charge in [0.15, 0.2) is 0 Å². The molecule has 0 spiro atoms.